The van der Waals surface area contributed by atoms with Crippen LogP contribution in [0.25, 0.3) is 0 Å². The first-order valence-corrected chi connectivity index (χ1v) is 3.64. The van der Waals surface area contributed by atoms with Crippen molar-refractivity contribution in [2.45, 2.75) is 6.42 Å². The molecular weight excluding hydrogens is 138 g/mol. The summed E-state index contributed by atoms with van der Waals surface area (Å²) in [5.41, 5.74) is 0. The second kappa shape index (κ2) is 5.47. The van der Waals surface area contributed by atoms with Crippen LogP contribution in [-0.4, -0.2) is 12.8 Å². The standard InChI is InChI=1S/C6H6.C3H5NO/c1-2-4-6-5-3-1;1-2-4-5-3-1/h1-6H;2H,1,3H2. The third-order valence-corrected chi connectivity index (χ3v) is 1.15. The van der Waals surface area contributed by atoms with Crippen molar-refractivity contribution in [3.63, 3.8) is 0 Å². The van der Waals surface area contributed by atoms with Gasteiger partial charge in [-0.05, 0) is 0 Å². The second-order valence-corrected chi connectivity index (χ2v) is 2.06. The van der Waals surface area contributed by atoms with Crippen LogP contribution in [0.4, 0.5) is 0 Å². The minimum absolute atomic E-state index is 0.778. The molecule has 0 aromatic heterocycles. The average molecular weight is 149 g/mol. The molecule has 1 aromatic rings. The van der Waals surface area contributed by atoms with Gasteiger partial charge in [-0.2, -0.15) is 0 Å². The van der Waals surface area contributed by atoms with Gasteiger partial charge < -0.3 is 4.84 Å². The molecule has 2 rings (SSSR count). The van der Waals surface area contributed by atoms with E-state index in [1.807, 2.05) is 36.4 Å². The van der Waals surface area contributed by atoms with Crippen LogP contribution >= 0.6 is 0 Å². The fourth-order valence-electron chi connectivity index (χ4n) is 0.648. The van der Waals surface area contributed by atoms with E-state index in [1.165, 1.54) is 0 Å². The van der Waals surface area contributed by atoms with Crippen molar-refractivity contribution in [1.82, 2.24) is 0 Å². The molecule has 0 atom stereocenters. The van der Waals surface area contributed by atoms with E-state index < -0.39 is 0 Å². The van der Waals surface area contributed by atoms with Crippen molar-refractivity contribution in [2.75, 3.05) is 6.61 Å². The van der Waals surface area contributed by atoms with Crippen LogP contribution in [0.2, 0.25) is 0 Å². The topological polar surface area (TPSA) is 21.6 Å². The molecular formula is C9H11NO. The van der Waals surface area contributed by atoms with Gasteiger partial charge >= 0.3 is 0 Å². The molecule has 1 aliphatic rings. The van der Waals surface area contributed by atoms with E-state index in [9.17, 15) is 0 Å². The van der Waals surface area contributed by atoms with Gasteiger partial charge in [0.2, 0.25) is 0 Å². The lowest BCUT2D eigenvalue weighted by Gasteiger charge is -1.76. The summed E-state index contributed by atoms with van der Waals surface area (Å²) in [6, 6.07) is 12.0. The molecule has 0 amide bonds. The molecule has 0 radical (unpaired) electrons. The quantitative estimate of drug-likeness (QED) is 0.553. The maximum absolute atomic E-state index is 4.51. The summed E-state index contributed by atoms with van der Waals surface area (Å²) in [5.74, 6) is 0. The number of rotatable bonds is 0. The molecule has 0 saturated carbocycles. The van der Waals surface area contributed by atoms with Gasteiger partial charge in [-0.3, -0.25) is 0 Å². The molecule has 0 bridgehead atoms. The molecule has 1 heterocycles. The van der Waals surface area contributed by atoms with Crippen molar-refractivity contribution in [3.05, 3.63) is 36.4 Å². The Morgan fingerprint density at radius 3 is 1.64 bits per heavy atom. The van der Waals surface area contributed by atoms with Crippen molar-refractivity contribution < 1.29 is 4.84 Å². The van der Waals surface area contributed by atoms with E-state index in [0.717, 1.165) is 13.0 Å². The smallest absolute Gasteiger partial charge is 0.122 e. The Kier molecular flexibility index (Phi) is 3.88. The van der Waals surface area contributed by atoms with Gasteiger partial charge in [0, 0.05) is 12.6 Å². The zero-order chi connectivity index (χ0) is 7.78. The highest BCUT2D eigenvalue weighted by Gasteiger charge is 1.86. The molecule has 1 aromatic carbocycles. The van der Waals surface area contributed by atoms with E-state index in [-0.39, 0.29) is 0 Å². The Hall–Kier alpha value is -1.31. The first kappa shape index (κ1) is 7.79. The highest BCUT2D eigenvalue weighted by atomic mass is 16.6. The van der Waals surface area contributed by atoms with Crippen molar-refractivity contribution in [1.29, 1.82) is 0 Å². The molecule has 2 nitrogen and oxygen atoms in total. The van der Waals surface area contributed by atoms with Crippen molar-refractivity contribution >= 4 is 6.21 Å². The maximum atomic E-state index is 4.51. The Bertz CT molecular complexity index is 163. The monoisotopic (exact) mass is 149 g/mol. The van der Waals surface area contributed by atoms with E-state index >= 15 is 0 Å². The van der Waals surface area contributed by atoms with Gasteiger partial charge in [0.15, 0.2) is 0 Å². The molecule has 1 aliphatic heterocycles. The number of hydrogen-bond acceptors (Lipinski definition) is 2. The lowest BCUT2D eigenvalue weighted by molar-refractivity contribution is 0.174. The highest BCUT2D eigenvalue weighted by molar-refractivity contribution is 5.57. The van der Waals surface area contributed by atoms with Gasteiger partial charge in [-0.25, -0.2) is 0 Å². The highest BCUT2D eigenvalue weighted by Crippen LogP contribution is 1.86. The van der Waals surface area contributed by atoms with Gasteiger partial charge in [0.05, 0.1) is 0 Å². The Morgan fingerprint density at radius 1 is 0.909 bits per heavy atom. The van der Waals surface area contributed by atoms with Crippen LogP contribution in [0.3, 0.4) is 0 Å². The van der Waals surface area contributed by atoms with Gasteiger partial charge in [0.25, 0.3) is 0 Å². The van der Waals surface area contributed by atoms with Crippen molar-refractivity contribution in [2.24, 2.45) is 5.16 Å². The number of hydrogen-bond donors (Lipinski definition) is 0. The number of oxime groups is 1. The normalized spacial score (nSPS) is 13.1. The van der Waals surface area contributed by atoms with Crippen LogP contribution in [-0.2, 0) is 4.84 Å². The lowest BCUT2D eigenvalue weighted by atomic mass is 10.4. The largest absolute Gasteiger partial charge is 0.396 e. The molecule has 0 unspecified atom stereocenters. The van der Waals surface area contributed by atoms with Gasteiger partial charge in [-0.1, -0.05) is 41.6 Å². The Labute approximate surface area is 66.5 Å². The summed E-state index contributed by atoms with van der Waals surface area (Å²) >= 11 is 0. The Balaban J connectivity index is 0.000000112. The lowest BCUT2D eigenvalue weighted by Crippen LogP contribution is -1.72. The van der Waals surface area contributed by atoms with Crippen LogP contribution in [0.15, 0.2) is 41.6 Å². The first-order chi connectivity index (χ1) is 5.50. The van der Waals surface area contributed by atoms with Gasteiger partial charge in [-0.15, -0.1) is 0 Å². The van der Waals surface area contributed by atoms with Crippen LogP contribution in [0, 0.1) is 0 Å². The number of benzene rings is 1. The molecule has 11 heavy (non-hydrogen) atoms. The molecule has 0 aliphatic carbocycles. The second-order valence-electron chi connectivity index (χ2n) is 2.06. The fourth-order valence-corrected chi connectivity index (χ4v) is 0.648. The zero-order valence-electron chi connectivity index (χ0n) is 6.31. The van der Waals surface area contributed by atoms with Crippen LogP contribution < -0.4 is 0 Å². The van der Waals surface area contributed by atoms with E-state index in [0.29, 0.717) is 0 Å². The average Bonchev–Trinajstić information content (AvgIpc) is 2.64. The van der Waals surface area contributed by atoms with E-state index in [4.69, 9.17) is 0 Å². The zero-order valence-corrected chi connectivity index (χ0v) is 6.31. The Morgan fingerprint density at radius 2 is 1.45 bits per heavy atom. The van der Waals surface area contributed by atoms with Crippen LogP contribution in [0.5, 0.6) is 0 Å². The van der Waals surface area contributed by atoms with Gasteiger partial charge in [0.1, 0.15) is 6.61 Å². The third-order valence-electron chi connectivity index (χ3n) is 1.15. The minimum atomic E-state index is 0.778. The predicted molar refractivity (Wildman–Crippen MR) is 45.5 cm³/mol. The summed E-state index contributed by atoms with van der Waals surface area (Å²) in [7, 11) is 0. The summed E-state index contributed by atoms with van der Waals surface area (Å²) in [4.78, 5) is 4.51. The van der Waals surface area contributed by atoms with E-state index in [1.54, 1.807) is 6.21 Å². The summed E-state index contributed by atoms with van der Waals surface area (Å²) in [5, 5.41) is 3.46. The summed E-state index contributed by atoms with van der Waals surface area (Å²) < 4.78 is 0. The predicted octanol–water partition coefficient (Wildman–Crippen LogP) is 2.08. The molecule has 2 heteroatoms. The van der Waals surface area contributed by atoms with E-state index in [2.05, 4.69) is 9.99 Å². The summed E-state index contributed by atoms with van der Waals surface area (Å²) in [6.07, 6.45) is 2.75. The third kappa shape index (κ3) is 4.14. The minimum Gasteiger partial charge on any atom is -0.396 e. The fraction of sp³-hybridized carbons (Fsp3) is 0.222. The molecule has 58 valence electrons. The van der Waals surface area contributed by atoms with Crippen molar-refractivity contribution in [3.8, 4) is 0 Å². The van der Waals surface area contributed by atoms with Crippen LogP contribution in [0.1, 0.15) is 6.42 Å². The number of nitrogens with zero attached hydrogens (tertiary/aromatic N) is 1. The summed E-state index contributed by atoms with van der Waals surface area (Å²) in [6.45, 7) is 0.778. The maximum Gasteiger partial charge on any atom is 0.122 e. The molecule has 0 N–H and O–H groups in total. The SMILES string of the molecule is C1=NOCC1.c1ccccc1. The molecule has 0 saturated heterocycles. The first-order valence-electron chi connectivity index (χ1n) is 3.64. The molecule has 0 fully saturated rings. The molecule has 0 spiro atoms.